The van der Waals surface area contributed by atoms with Crippen LogP contribution in [0, 0.1) is 19.7 Å². The van der Waals surface area contributed by atoms with Gasteiger partial charge in [-0.1, -0.05) is 17.7 Å². The summed E-state index contributed by atoms with van der Waals surface area (Å²) in [6, 6.07) is 13.8. The van der Waals surface area contributed by atoms with Crippen LogP contribution in [-0.2, 0) is 6.54 Å². The number of aromatic nitrogens is 1. The first-order valence-electron chi connectivity index (χ1n) is 8.11. The van der Waals surface area contributed by atoms with Gasteiger partial charge in [0.2, 0.25) is 0 Å². The Kier molecular flexibility index (Phi) is 4.95. The molecule has 0 aliphatic carbocycles. The summed E-state index contributed by atoms with van der Waals surface area (Å²) in [5.74, 6) is -0.517. The smallest absolute Gasteiger partial charge is 0.279 e. The zero-order chi connectivity index (χ0) is 18.0. The van der Waals surface area contributed by atoms with Crippen molar-refractivity contribution in [1.29, 1.82) is 0 Å². The summed E-state index contributed by atoms with van der Waals surface area (Å²) in [6.07, 6.45) is 0. The van der Waals surface area contributed by atoms with Gasteiger partial charge in [0.25, 0.3) is 5.91 Å². The van der Waals surface area contributed by atoms with E-state index in [9.17, 15) is 9.18 Å². The Hall–Kier alpha value is -2.53. The number of amides is 1. The molecule has 0 bridgehead atoms. The maximum absolute atomic E-state index is 13.2. The highest BCUT2D eigenvalue weighted by atomic mass is 32.1. The zero-order valence-corrected chi connectivity index (χ0v) is 15.2. The molecule has 0 saturated heterocycles. The molecule has 0 N–H and O–H groups in total. The summed E-state index contributed by atoms with van der Waals surface area (Å²) in [4.78, 5) is 18.6. The van der Waals surface area contributed by atoms with Gasteiger partial charge in [-0.25, -0.2) is 4.39 Å². The second-order valence-electron chi connectivity index (χ2n) is 5.83. The fourth-order valence-corrected chi connectivity index (χ4v) is 3.86. The molecule has 0 fully saturated rings. The van der Waals surface area contributed by atoms with Crippen molar-refractivity contribution in [1.82, 2.24) is 4.57 Å². The fraction of sp³-hybridized carbons (Fsp3) is 0.200. The number of benzene rings is 2. The lowest BCUT2D eigenvalue weighted by Gasteiger charge is -2.07. The standard InChI is InChI=1S/C20H19FN2OS/c1-4-23-18(15-8-10-17(21)11-9-15)14(3)25-20(23)22-19(24)16-7-5-6-13(2)12-16/h5-12H,4H2,1-3H3. The van der Waals surface area contributed by atoms with Crippen LogP contribution in [0.5, 0.6) is 0 Å². The second-order valence-corrected chi connectivity index (χ2v) is 7.01. The van der Waals surface area contributed by atoms with Crippen molar-refractivity contribution in [2.45, 2.75) is 27.3 Å². The summed E-state index contributed by atoms with van der Waals surface area (Å²) >= 11 is 1.47. The van der Waals surface area contributed by atoms with Crippen LogP contribution in [0.3, 0.4) is 0 Å². The second kappa shape index (κ2) is 7.15. The van der Waals surface area contributed by atoms with E-state index in [-0.39, 0.29) is 11.7 Å². The van der Waals surface area contributed by atoms with Gasteiger partial charge < -0.3 is 4.57 Å². The largest absolute Gasteiger partial charge is 0.316 e. The molecular weight excluding hydrogens is 335 g/mol. The highest BCUT2D eigenvalue weighted by molar-refractivity contribution is 7.09. The van der Waals surface area contributed by atoms with Gasteiger partial charge in [-0.2, -0.15) is 4.99 Å². The van der Waals surface area contributed by atoms with Crippen LogP contribution < -0.4 is 4.80 Å². The molecule has 0 radical (unpaired) electrons. The van der Waals surface area contributed by atoms with Crippen LogP contribution in [0.2, 0.25) is 0 Å². The first-order chi connectivity index (χ1) is 12.0. The maximum atomic E-state index is 13.2. The minimum Gasteiger partial charge on any atom is -0.316 e. The van der Waals surface area contributed by atoms with Gasteiger partial charge in [0.05, 0.1) is 5.69 Å². The summed E-state index contributed by atoms with van der Waals surface area (Å²) in [5, 5.41) is 0. The van der Waals surface area contributed by atoms with E-state index in [4.69, 9.17) is 0 Å². The Balaban J connectivity index is 2.10. The van der Waals surface area contributed by atoms with Crippen LogP contribution in [-0.4, -0.2) is 10.5 Å². The van der Waals surface area contributed by atoms with E-state index < -0.39 is 0 Å². The van der Waals surface area contributed by atoms with Gasteiger partial charge in [-0.3, -0.25) is 4.79 Å². The molecular formula is C20H19FN2OS. The zero-order valence-electron chi connectivity index (χ0n) is 14.4. The molecule has 3 nitrogen and oxygen atoms in total. The molecule has 0 atom stereocenters. The summed E-state index contributed by atoms with van der Waals surface area (Å²) < 4.78 is 15.2. The van der Waals surface area contributed by atoms with Gasteiger partial charge in [0, 0.05) is 17.0 Å². The third kappa shape index (κ3) is 3.61. The average molecular weight is 354 g/mol. The number of hydrogen-bond acceptors (Lipinski definition) is 2. The van der Waals surface area contributed by atoms with E-state index in [1.165, 1.54) is 23.5 Å². The van der Waals surface area contributed by atoms with Crippen molar-refractivity contribution in [3.05, 3.63) is 75.2 Å². The highest BCUT2D eigenvalue weighted by Crippen LogP contribution is 2.25. The van der Waals surface area contributed by atoms with E-state index in [0.717, 1.165) is 21.7 Å². The number of rotatable bonds is 3. The molecule has 2 aromatic carbocycles. The monoisotopic (exact) mass is 354 g/mol. The van der Waals surface area contributed by atoms with Crippen LogP contribution >= 0.6 is 11.3 Å². The molecule has 5 heteroatoms. The predicted octanol–water partition coefficient (Wildman–Crippen LogP) is 4.73. The normalized spacial score (nSPS) is 11.8. The Morgan fingerprint density at radius 3 is 2.52 bits per heavy atom. The lowest BCUT2D eigenvalue weighted by Crippen LogP contribution is -2.17. The van der Waals surface area contributed by atoms with Crippen LogP contribution in [0.4, 0.5) is 4.39 Å². The molecule has 1 aromatic heterocycles. The Morgan fingerprint density at radius 1 is 1.16 bits per heavy atom. The van der Waals surface area contributed by atoms with Crippen molar-refractivity contribution >= 4 is 17.2 Å². The quantitative estimate of drug-likeness (QED) is 0.669. The SMILES string of the molecule is CCn1c(-c2ccc(F)cc2)c(C)sc1=NC(=O)c1cccc(C)c1. The third-order valence-electron chi connectivity index (χ3n) is 3.97. The lowest BCUT2D eigenvalue weighted by atomic mass is 10.1. The van der Waals surface area contributed by atoms with Crippen molar-refractivity contribution in [3.63, 3.8) is 0 Å². The van der Waals surface area contributed by atoms with Crippen LogP contribution in [0.15, 0.2) is 53.5 Å². The molecule has 3 rings (SSSR count). The van der Waals surface area contributed by atoms with Crippen molar-refractivity contribution in [2.24, 2.45) is 4.99 Å². The summed E-state index contributed by atoms with van der Waals surface area (Å²) in [7, 11) is 0. The van der Waals surface area contributed by atoms with Gasteiger partial charge in [-0.05, 0) is 62.7 Å². The van der Waals surface area contributed by atoms with E-state index in [1.54, 1.807) is 18.2 Å². The minimum absolute atomic E-state index is 0.252. The molecule has 0 aliphatic rings. The van der Waals surface area contributed by atoms with Crippen molar-refractivity contribution in [3.8, 4) is 11.3 Å². The van der Waals surface area contributed by atoms with E-state index in [2.05, 4.69) is 4.99 Å². The topological polar surface area (TPSA) is 34.4 Å². The van der Waals surface area contributed by atoms with Crippen LogP contribution in [0.25, 0.3) is 11.3 Å². The minimum atomic E-state index is -0.265. The van der Waals surface area contributed by atoms with Crippen molar-refractivity contribution in [2.75, 3.05) is 0 Å². The Labute approximate surface area is 150 Å². The predicted molar refractivity (Wildman–Crippen MR) is 99.2 cm³/mol. The number of halogens is 1. The summed E-state index contributed by atoms with van der Waals surface area (Å²) in [6.45, 7) is 6.63. The molecule has 128 valence electrons. The molecule has 0 saturated carbocycles. The number of thiazole rings is 1. The van der Waals surface area contributed by atoms with Gasteiger partial charge >= 0.3 is 0 Å². The Bertz CT molecular complexity index is 984. The number of nitrogens with zero attached hydrogens (tertiary/aromatic N) is 2. The van der Waals surface area contributed by atoms with E-state index >= 15 is 0 Å². The van der Waals surface area contributed by atoms with Gasteiger partial charge in [0.15, 0.2) is 4.80 Å². The van der Waals surface area contributed by atoms with Crippen LogP contribution in [0.1, 0.15) is 27.7 Å². The highest BCUT2D eigenvalue weighted by Gasteiger charge is 2.13. The fourth-order valence-electron chi connectivity index (χ4n) is 2.80. The molecule has 0 unspecified atom stereocenters. The summed E-state index contributed by atoms with van der Waals surface area (Å²) in [5.41, 5.74) is 3.50. The molecule has 0 aliphatic heterocycles. The first kappa shape index (κ1) is 17.3. The third-order valence-corrected chi connectivity index (χ3v) is 4.97. The van der Waals surface area contributed by atoms with E-state index in [0.29, 0.717) is 16.9 Å². The number of carbonyl (C=O) groups is 1. The van der Waals surface area contributed by atoms with Gasteiger partial charge in [-0.15, -0.1) is 11.3 Å². The average Bonchev–Trinajstić information content (AvgIpc) is 2.90. The molecule has 1 heterocycles. The number of hydrogen-bond donors (Lipinski definition) is 0. The molecule has 1 amide bonds. The molecule has 25 heavy (non-hydrogen) atoms. The number of aryl methyl sites for hydroxylation is 2. The lowest BCUT2D eigenvalue weighted by molar-refractivity contribution is 0.0997. The van der Waals surface area contributed by atoms with E-state index in [1.807, 2.05) is 43.5 Å². The molecule has 3 aromatic rings. The molecule has 0 spiro atoms. The maximum Gasteiger partial charge on any atom is 0.279 e. The number of carbonyl (C=O) groups excluding carboxylic acids is 1. The Morgan fingerprint density at radius 2 is 1.88 bits per heavy atom. The van der Waals surface area contributed by atoms with Crippen molar-refractivity contribution < 1.29 is 9.18 Å². The first-order valence-corrected chi connectivity index (χ1v) is 8.93. The van der Waals surface area contributed by atoms with Gasteiger partial charge in [0.1, 0.15) is 5.82 Å².